The van der Waals surface area contributed by atoms with Crippen molar-refractivity contribution in [3.05, 3.63) is 30.1 Å². The monoisotopic (exact) mass is 208 g/mol. The molecule has 0 saturated carbocycles. The van der Waals surface area contributed by atoms with Crippen molar-refractivity contribution in [3.8, 4) is 0 Å². The van der Waals surface area contributed by atoms with Crippen LogP contribution in [-0.2, 0) is 4.79 Å². The normalized spacial score (nSPS) is 21.1. The van der Waals surface area contributed by atoms with Crippen LogP contribution in [0.15, 0.2) is 24.3 Å². The van der Waals surface area contributed by atoms with Crippen LogP contribution < -0.4 is 10.6 Å². The lowest BCUT2D eigenvalue weighted by atomic mass is 10.2. The second-order valence-electron chi connectivity index (χ2n) is 3.67. The topological polar surface area (TPSA) is 46.3 Å². The Labute approximate surface area is 87.7 Å². The molecule has 0 bridgehead atoms. The minimum Gasteiger partial charge on any atom is -0.328 e. The molecule has 1 heterocycles. The number of benzene rings is 1. The second kappa shape index (κ2) is 3.98. The van der Waals surface area contributed by atoms with E-state index in [1.54, 1.807) is 17.0 Å². The van der Waals surface area contributed by atoms with E-state index in [1.807, 2.05) is 0 Å². The van der Waals surface area contributed by atoms with Crippen molar-refractivity contribution >= 4 is 11.6 Å². The molecule has 1 fully saturated rings. The molecule has 3 nitrogen and oxygen atoms in total. The number of carbonyl (C=O) groups is 1. The summed E-state index contributed by atoms with van der Waals surface area (Å²) in [6, 6.07) is 5.99. The molecule has 0 unspecified atom stereocenters. The highest BCUT2D eigenvalue weighted by atomic mass is 19.1. The summed E-state index contributed by atoms with van der Waals surface area (Å²) < 4.78 is 12.7. The molecule has 0 radical (unpaired) electrons. The van der Waals surface area contributed by atoms with Crippen molar-refractivity contribution in [3.63, 3.8) is 0 Å². The lowest BCUT2D eigenvalue weighted by Gasteiger charge is -2.23. The molecule has 1 aliphatic heterocycles. The summed E-state index contributed by atoms with van der Waals surface area (Å²) in [5, 5.41) is 0. The molecule has 1 saturated heterocycles. The van der Waals surface area contributed by atoms with Crippen LogP contribution in [0.25, 0.3) is 0 Å². The molecule has 2 N–H and O–H groups in total. The van der Waals surface area contributed by atoms with Crippen molar-refractivity contribution < 1.29 is 9.18 Å². The zero-order valence-electron chi connectivity index (χ0n) is 8.32. The number of anilines is 1. The SMILES string of the molecule is NC[C@H]1CCC(=O)N1c1ccc(F)cc1. The third kappa shape index (κ3) is 1.85. The lowest BCUT2D eigenvalue weighted by Crippen LogP contribution is -2.37. The smallest absolute Gasteiger partial charge is 0.227 e. The van der Waals surface area contributed by atoms with Gasteiger partial charge in [-0.05, 0) is 30.7 Å². The molecular formula is C11H13FN2O. The van der Waals surface area contributed by atoms with Crippen LogP contribution in [0, 0.1) is 5.82 Å². The van der Waals surface area contributed by atoms with Crippen LogP contribution in [0.3, 0.4) is 0 Å². The van der Waals surface area contributed by atoms with E-state index in [9.17, 15) is 9.18 Å². The average Bonchev–Trinajstić information content (AvgIpc) is 2.61. The quantitative estimate of drug-likeness (QED) is 0.795. The zero-order valence-corrected chi connectivity index (χ0v) is 8.32. The van der Waals surface area contributed by atoms with Crippen LogP contribution in [-0.4, -0.2) is 18.5 Å². The second-order valence-corrected chi connectivity index (χ2v) is 3.67. The van der Waals surface area contributed by atoms with Gasteiger partial charge < -0.3 is 10.6 Å². The summed E-state index contributed by atoms with van der Waals surface area (Å²) in [4.78, 5) is 13.3. The van der Waals surface area contributed by atoms with E-state index in [1.165, 1.54) is 12.1 Å². The Morgan fingerprint density at radius 2 is 2.07 bits per heavy atom. The molecule has 15 heavy (non-hydrogen) atoms. The van der Waals surface area contributed by atoms with Gasteiger partial charge in [-0.25, -0.2) is 4.39 Å². The first-order chi connectivity index (χ1) is 7.22. The number of hydrogen-bond donors (Lipinski definition) is 1. The molecule has 1 atom stereocenters. The third-order valence-electron chi connectivity index (χ3n) is 2.70. The molecule has 1 aromatic carbocycles. The maximum atomic E-state index is 12.7. The van der Waals surface area contributed by atoms with E-state index in [4.69, 9.17) is 5.73 Å². The first-order valence-corrected chi connectivity index (χ1v) is 5.00. The van der Waals surface area contributed by atoms with Gasteiger partial charge in [0.1, 0.15) is 5.82 Å². The fraction of sp³-hybridized carbons (Fsp3) is 0.364. The molecule has 1 aliphatic rings. The van der Waals surface area contributed by atoms with E-state index in [0.717, 1.165) is 12.1 Å². The van der Waals surface area contributed by atoms with Crippen LogP contribution in [0.1, 0.15) is 12.8 Å². The van der Waals surface area contributed by atoms with Gasteiger partial charge in [0.15, 0.2) is 0 Å². The summed E-state index contributed by atoms with van der Waals surface area (Å²) in [6.07, 6.45) is 1.31. The Balaban J connectivity index is 2.28. The van der Waals surface area contributed by atoms with Gasteiger partial charge in [0.25, 0.3) is 0 Å². The summed E-state index contributed by atoms with van der Waals surface area (Å²) >= 11 is 0. The molecule has 1 amide bonds. The van der Waals surface area contributed by atoms with Crippen LogP contribution >= 0.6 is 0 Å². The van der Waals surface area contributed by atoms with Crippen molar-refractivity contribution in [2.24, 2.45) is 5.73 Å². The van der Waals surface area contributed by atoms with Gasteiger partial charge in [-0.1, -0.05) is 0 Å². The summed E-state index contributed by atoms with van der Waals surface area (Å²) in [5.74, 6) is -0.230. The molecule has 2 rings (SSSR count). The van der Waals surface area contributed by atoms with Gasteiger partial charge in [-0.2, -0.15) is 0 Å². The predicted octanol–water partition coefficient (Wildman–Crippen LogP) is 1.28. The maximum absolute atomic E-state index is 12.7. The summed E-state index contributed by atoms with van der Waals surface area (Å²) in [7, 11) is 0. The number of rotatable bonds is 2. The number of amides is 1. The molecule has 80 valence electrons. The van der Waals surface area contributed by atoms with Gasteiger partial charge in [0, 0.05) is 24.7 Å². The third-order valence-corrected chi connectivity index (χ3v) is 2.70. The van der Waals surface area contributed by atoms with Gasteiger partial charge in [0.05, 0.1) is 0 Å². The fourth-order valence-corrected chi connectivity index (χ4v) is 1.92. The standard InChI is InChI=1S/C11H13FN2O/c12-8-1-3-9(4-2-8)14-10(7-13)5-6-11(14)15/h1-4,10H,5-7,13H2/t10-/m1/s1. The van der Waals surface area contributed by atoms with Crippen LogP contribution in [0.2, 0.25) is 0 Å². The first kappa shape index (κ1) is 10.1. The number of carbonyl (C=O) groups excluding carboxylic acids is 1. The number of halogens is 1. The molecule has 0 spiro atoms. The van der Waals surface area contributed by atoms with Gasteiger partial charge in [0.2, 0.25) is 5.91 Å². The highest BCUT2D eigenvalue weighted by Crippen LogP contribution is 2.25. The molecular weight excluding hydrogens is 195 g/mol. The Morgan fingerprint density at radius 3 is 2.67 bits per heavy atom. The van der Waals surface area contributed by atoms with Crippen LogP contribution in [0.4, 0.5) is 10.1 Å². The van der Waals surface area contributed by atoms with Gasteiger partial charge in [-0.3, -0.25) is 4.79 Å². The van der Waals surface area contributed by atoms with Crippen molar-refractivity contribution in [2.75, 3.05) is 11.4 Å². The zero-order chi connectivity index (χ0) is 10.8. The average molecular weight is 208 g/mol. The minimum atomic E-state index is -0.297. The van der Waals surface area contributed by atoms with Gasteiger partial charge >= 0.3 is 0 Å². The van der Waals surface area contributed by atoms with Gasteiger partial charge in [-0.15, -0.1) is 0 Å². The van der Waals surface area contributed by atoms with Crippen molar-refractivity contribution in [1.82, 2.24) is 0 Å². The van der Waals surface area contributed by atoms with E-state index in [0.29, 0.717) is 13.0 Å². The lowest BCUT2D eigenvalue weighted by molar-refractivity contribution is -0.117. The fourth-order valence-electron chi connectivity index (χ4n) is 1.92. The molecule has 4 heteroatoms. The minimum absolute atomic E-state index is 0.0583. The van der Waals surface area contributed by atoms with Crippen molar-refractivity contribution in [1.29, 1.82) is 0 Å². The number of nitrogens with two attached hydrogens (primary N) is 1. The van der Waals surface area contributed by atoms with Crippen LogP contribution in [0.5, 0.6) is 0 Å². The Kier molecular flexibility index (Phi) is 2.68. The van der Waals surface area contributed by atoms with E-state index < -0.39 is 0 Å². The Hall–Kier alpha value is -1.42. The first-order valence-electron chi connectivity index (χ1n) is 5.00. The van der Waals surface area contributed by atoms with E-state index in [-0.39, 0.29) is 17.8 Å². The van der Waals surface area contributed by atoms with Crippen molar-refractivity contribution in [2.45, 2.75) is 18.9 Å². The summed E-state index contributed by atoms with van der Waals surface area (Å²) in [5.41, 5.74) is 6.32. The Morgan fingerprint density at radius 1 is 1.40 bits per heavy atom. The Bertz CT molecular complexity index is 363. The largest absolute Gasteiger partial charge is 0.328 e. The maximum Gasteiger partial charge on any atom is 0.227 e. The molecule has 0 aromatic heterocycles. The number of hydrogen-bond acceptors (Lipinski definition) is 2. The molecule has 1 aromatic rings. The molecule has 0 aliphatic carbocycles. The van der Waals surface area contributed by atoms with E-state index in [2.05, 4.69) is 0 Å². The predicted molar refractivity (Wildman–Crippen MR) is 56.0 cm³/mol. The number of nitrogens with zero attached hydrogens (tertiary/aromatic N) is 1. The van der Waals surface area contributed by atoms with E-state index >= 15 is 0 Å². The highest BCUT2D eigenvalue weighted by molar-refractivity contribution is 5.96. The summed E-state index contributed by atoms with van der Waals surface area (Å²) in [6.45, 7) is 0.448. The highest BCUT2D eigenvalue weighted by Gasteiger charge is 2.30.